The highest BCUT2D eigenvalue weighted by Gasteiger charge is 2.34. The summed E-state index contributed by atoms with van der Waals surface area (Å²) >= 11 is 0. The van der Waals surface area contributed by atoms with E-state index in [1.807, 2.05) is 11.6 Å². The molecule has 0 bridgehead atoms. The maximum atomic E-state index is 4.18. The van der Waals surface area contributed by atoms with Crippen molar-refractivity contribution in [3.05, 3.63) is 30.6 Å². The summed E-state index contributed by atoms with van der Waals surface area (Å²) in [5.41, 5.74) is 2.29. The number of likely N-dealkylation sites (tertiary alicyclic amines) is 1. The van der Waals surface area contributed by atoms with E-state index in [2.05, 4.69) is 44.7 Å². The van der Waals surface area contributed by atoms with Crippen LogP contribution in [0.4, 0.5) is 5.69 Å². The predicted molar refractivity (Wildman–Crippen MR) is 83.1 cm³/mol. The molecule has 1 atom stereocenters. The van der Waals surface area contributed by atoms with Crippen molar-refractivity contribution < 1.29 is 0 Å². The van der Waals surface area contributed by atoms with Crippen LogP contribution < -0.4 is 5.32 Å². The molecule has 5 heteroatoms. The number of nitrogens with one attached hydrogen (secondary N) is 1. The van der Waals surface area contributed by atoms with Gasteiger partial charge < -0.3 is 9.88 Å². The maximum absolute atomic E-state index is 4.18. The second-order valence-corrected chi connectivity index (χ2v) is 6.20. The van der Waals surface area contributed by atoms with E-state index in [1.54, 1.807) is 6.33 Å². The summed E-state index contributed by atoms with van der Waals surface area (Å²) < 4.78 is 1.95. The number of aromatic nitrogens is 3. The van der Waals surface area contributed by atoms with E-state index in [4.69, 9.17) is 0 Å². The van der Waals surface area contributed by atoms with Crippen LogP contribution in [-0.2, 0) is 7.05 Å². The Morgan fingerprint density at radius 2 is 2.14 bits per heavy atom. The van der Waals surface area contributed by atoms with Gasteiger partial charge in [0.2, 0.25) is 0 Å². The van der Waals surface area contributed by atoms with Gasteiger partial charge in [0.25, 0.3) is 0 Å². The van der Waals surface area contributed by atoms with Crippen LogP contribution in [0.25, 0.3) is 11.4 Å². The van der Waals surface area contributed by atoms with E-state index >= 15 is 0 Å². The molecule has 1 N–H and O–H groups in total. The lowest BCUT2D eigenvalue weighted by Crippen LogP contribution is -2.27. The van der Waals surface area contributed by atoms with Crippen LogP contribution in [0.1, 0.15) is 19.3 Å². The third kappa shape index (κ3) is 2.65. The van der Waals surface area contributed by atoms with Crippen LogP contribution in [0, 0.1) is 0 Å². The van der Waals surface area contributed by atoms with Crippen molar-refractivity contribution in [2.75, 3.05) is 18.4 Å². The fourth-order valence-corrected chi connectivity index (χ4v) is 3.20. The average molecular weight is 283 g/mol. The van der Waals surface area contributed by atoms with Gasteiger partial charge in [0, 0.05) is 43.5 Å². The van der Waals surface area contributed by atoms with Gasteiger partial charge in [-0.05, 0) is 31.4 Å². The largest absolute Gasteiger partial charge is 0.381 e. The molecule has 1 aliphatic carbocycles. The van der Waals surface area contributed by atoms with Gasteiger partial charge in [0.05, 0.1) is 0 Å². The van der Waals surface area contributed by atoms with Crippen molar-refractivity contribution in [2.45, 2.75) is 31.3 Å². The molecule has 1 unspecified atom stereocenters. The van der Waals surface area contributed by atoms with Crippen molar-refractivity contribution in [1.29, 1.82) is 0 Å². The number of benzene rings is 1. The Kier molecular flexibility index (Phi) is 3.15. The summed E-state index contributed by atoms with van der Waals surface area (Å²) in [5.74, 6) is 0.907. The molecule has 2 fully saturated rings. The first-order valence-corrected chi connectivity index (χ1v) is 7.74. The van der Waals surface area contributed by atoms with Gasteiger partial charge in [-0.2, -0.15) is 0 Å². The van der Waals surface area contributed by atoms with Crippen LogP contribution in [0.5, 0.6) is 0 Å². The molecule has 2 heterocycles. The van der Waals surface area contributed by atoms with Gasteiger partial charge in [-0.25, -0.2) is 0 Å². The van der Waals surface area contributed by atoms with Gasteiger partial charge in [0.1, 0.15) is 6.33 Å². The first-order valence-electron chi connectivity index (χ1n) is 7.74. The molecule has 1 saturated carbocycles. The van der Waals surface area contributed by atoms with E-state index in [-0.39, 0.29) is 0 Å². The Bertz CT molecular complexity index is 631. The number of hydrogen-bond donors (Lipinski definition) is 1. The van der Waals surface area contributed by atoms with E-state index in [9.17, 15) is 0 Å². The van der Waals surface area contributed by atoms with E-state index < -0.39 is 0 Å². The summed E-state index contributed by atoms with van der Waals surface area (Å²) in [5, 5.41) is 11.8. The molecule has 0 amide bonds. The van der Waals surface area contributed by atoms with Crippen molar-refractivity contribution >= 4 is 5.69 Å². The molecular weight excluding hydrogens is 262 g/mol. The average Bonchev–Trinajstić information content (AvgIpc) is 3.09. The Labute approximate surface area is 125 Å². The minimum absolute atomic E-state index is 0.570. The third-order valence-corrected chi connectivity index (χ3v) is 4.49. The van der Waals surface area contributed by atoms with Gasteiger partial charge in [-0.1, -0.05) is 12.1 Å². The van der Waals surface area contributed by atoms with Gasteiger partial charge in [-0.3, -0.25) is 4.90 Å². The lowest BCUT2D eigenvalue weighted by Gasteiger charge is -2.17. The van der Waals surface area contributed by atoms with E-state index in [0.29, 0.717) is 6.04 Å². The fraction of sp³-hybridized carbons (Fsp3) is 0.500. The van der Waals surface area contributed by atoms with Crippen molar-refractivity contribution in [3.8, 4) is 11.4 Å². The summed E-state index contributed by atoms with van der Waals surface area (Å²) in [7, 11) is 1.97. The highest BCUT2D eigenvalue weighted by molar-refractivity contribution is 5.62. The first kappa shape index (κ1) is 12.8. The third-order valence-electron chi connectivity index (χ3n) is 4.49. The molecule has 21 heavy (non-hydrogen) atoms. The van der Waals surface area contributed by atoms with Crippen molar-refractivity contribution in [2.24, 2.45) is 7.05 Å². The van der Waals surface area contributed by atoms with Crippen molar-refractivity contribution in [1.82, 2.24) is 19.7 Å². The van der Waals surface area contributed by atoms with Crippen LogP contribution >= 0.6 is 0 Å². The number of nitrogens with zero attached hydrogens (tertiary/aromatic N) is 4. The Balaban J connectivity index is 1.47. The van der Waals surface area contributed by atoms with Crippen LogP contribution in [0.15, 0.2) is 30.6 Å². The summed E-state index contributed by atoms with van der Waals surface area (Å²) in [6.45, 7) is 2.42. The molecule has 5 nitrogen and oxygen atoms in total. The number of anilines is 1. The molecule has 1 aromatic heterocycles. The zero-order valence-electron chi connectivity index (χ0n) is 12.4. The maximum Gasteiger partial charge on any atom is 0.163 e. The molecule has 1 saturated heterocycles. The topological polar surface area (TPSA) is 46.0 Å². The number of hydrogen-bond acceptors (Lipinski definition) is 4. The van der Waals surface area contributed by atoms with Crippen molar-refractivity contribution in [3.63, 3.8) is 0 Å². The number of aryl methyl sites for hydroxylation is 1. The minimum Gasteiger partial charge on any atom is -0.381 e. The normalized spacial score (nSPS) is 22.6. The van der Waals surface area contributed by atoms with Gasteiger partial charge in [0.15, 0.2) is 5.82 Å². The lowest BCUT2D eigenvalue weighted by molar-refractivity contribution is 0.326. The highest BCUT2D eigenvalue weighted by atomic mass is 15.2. The molecule has 1 aliphatic heterocycles. The molecule has 110 valence electrons. The van der Waals surface area contributed by atoms with Gasteiger partial charge >= 0.3 is 0 Å². The molecule has 1 aromatic carbocycles. The molecule has 2 aromatic rings. The zero-order chi connectivity index (χ0) is 14.2. The van der Waals surface area contributed by atoms with E-state index in [1.165, 1.54) is 38.0 Å². The monoisotopic (exact) mass is 283 g/mol. The Morgan fingerprint density at radius 1 is 1.24 bits per heavy atom. The SMILES string of the molecule is Cn1cnnc1-c1cccc(NC2CCN(C3CC3)C2)c1. The lowest BCUT2D eigenvalue weighted by atomic mass is 10.1. The molecule has 0 radical (unpaired) electrons. The van der Waals surface area contributed by atoms with Gasteiger partial charge in [-0.15, -0.1) is 10.2 Å². The van der Waals surface area contributed by atoms with Crippen LogP contribution in [0.2, 0.25) is 0 Å². The second-order valence-electron chi connectivity index (χ2n) is 6.20. The minimum atomic E-state index is 0.570. The molecule has 0 spiro atoms. The number of rotatable bonds is 4. The van der Waals surface area contributed by atoms with E-state index in [0.717, 1.165) is 17.4 Å². The van der Waals surface area contributed by atoms with Crippen LogP contribution in [0.3, 0.4) is 0 Å². The molecule has 2 aliphatic rings. The smallest absolute Gasteiger partial charge is 0.163 e. The fourth-order valence-electron chi connectivity index (χ4n) is 3.20. The first-order chi connectivity index (χ1) is 10.3. The highest BCUT2D eigenvalue weighted by Crippen LogP contribution is 2.31. The Morgan fingerprint density at radius 3 is 2.90 bits per heavy atom. The predicted octanol–water partition coefficient (Wildman–Crippen LogP) is 2.13. The summed E-state index contributed by atoms with van der Waals surface area (Å²) in [6, 6.07) is 9.92. The summed E-state index contributed by atoms with van der Waals surface area (Å²) in [4.78, 5) is 2.63. The standard InChI is InChI=1S/C16H21N5/c1-20-11-17-19-16(20)12-3-2-4-13(9-12)18-14-7-8-21(10-14)15-5-6-15/h2-4,9,11,14-15,18H,5-8,10H2,1H3. The Hall–Kier alpha value is -1.88. The second kappa shape index (κ2) is 5.15. The summed E-state index contributed by atoms with van der Waals surface area (Å²) in [6.07, 6.45) is 5.77. The molecule has 4 rings (SSSR count). The quantitative estimate of drug-likeness (QED) is 0.933. The molecular formula is C16H21N5. The zero-order valence-corrected chi connectivity index (χ0v) is 12.4. The van der Waals surface area contributed by atoms with Crippen LogP contribution in [-0.4, -0.2) is 44.8 Å².